The van der Waals surface area contributed by atoms with Crippen LogP contribution in [-0.4, -0.2) is 32.0 Å². The molecule has 0 aliphatic carbocycles. The second kappa shape index (κ2) is 7.32. The molecule has 2 aromatic heterocycles. The third-order valence-electron chi connectivity index (χ3n) is 4.82. The van der Waals surface area contributed by atoms with Crippen molar-refractivity contribution >= 4 is 16.9 Å². The van der Waals surface area contributed by atoms with E-state index in [1.54, 1.807) is 6.20 Å². The van der Waals surface area contributed by atoms with Crippen LogP contribution >= 0.6 is 0 Å². The fraction of sp³-hybridized carbons (Fsp3) is 0.450. The van der Waals surface area contributed by atoms with Gasteiger partial charge in [-0.25, -0.2) is 9.97 Å². The fourth-order valence-electron chi connectivity index (χ4n) is 3.12. The predicted octanol–water partition coefficient (Wildman–Crippen LogP) is 3.42. The average Bonchev–Trinajstić information content (AvgIpc) is 3.21. The van der Waals surface area contributed by atoms with Gasteiger partial charge in [0, 0.05) is 31.3 Å². The molecule has 2 heterocycles. The number of carbonyl (C=O) groups is 1. The van der Waals surface area contributed by atoms with Crippen LogP contribution in [0.25, 0.3) is 11.0 Å². The highest BCUT2D eigenvalue weighted by Gasteiger charge is 2.18. The molecule has 138 valence electrons. The van der Waals surface area contributed by atoms with E-state index in [1.807, 2.05) is 17.7 Å². The number of aromatic amines is 1. The van der Waals surface area contributed by atoms with Crippen LogP contribution in [0.15, 0.2) is 24.5 Å². The number of aryl methyl sites for hydroxylation is 2. The summed E-state index contributed by atoms with van der Waals surface area (Å²) in [5, 5.41) is 3.00. The van der Waals surface area contributed by atoms with Gasteiger partial charge in [-0.3, -0.25) is 4.79 Å². The van der Waals surface area contributed by atoms with Gasteiger partial charge in [0.2, 0.25) is 5.91 Å². The summed E-state index contributed by atoms with van der Waals surface area (Å²) in [6.45, 7) is 10.8. The molecule has 6 heteroatoms. The molecule has 0 spiro atoms. The van der Waals surface area contributed by atoms with Gasteiger partial charge in [0.05, 0.1) is 11.0 Å². The van der Waals surface area contributed by atoms with Crippen molar-refractivity contribution in [2.75, 3.05) is 6.54 Å². The normalized spacial score (nSPS) is 12.7. The van der Waals surface area contributed by atoms with Gasteiger partial charge in [0.25, 0.3) is 0 Å². The molecule has 1 atom stereocenters. The van der Waals surface area contributed by atoms with E-state index in [9.17, 15) is 4.79 Å². The lowest BCUT2D eigenvalue weighted by Crippen LogP contribution is -2.33. The molecular formula is C20H27N5O. The molecule has 1 aromatic carbocycles. The maximum Gasteiger partial charge on any atom is 0.242 e. The third-order valence-corrected chi connectivity index (χ3v) is 4.82. The summed E-state index contributed by atoms with van der Waals surface area (Å²) < 4.78 is 1.94. The van der Waals surface area contributed by atoms with Gasteiger partial charge in [0.15, 0.2) is 0 Å². The van der Waals surface area contributed by atoms with Gasteiger partial charge in [-0.2, -0.15) is 0 Å². The Morgan fingerprint density at radius 3 is 2.69 bits per heavy atom. The van der Waals surface area contributed by atoms with Crippen LogP contribution in [0, 0.1) is 13.8 Å². The van der Waals surface area contributed by atoms with E-state index in [1.165, 1.54) is 11.1 Å². The number of hydrogen-bond donors (Lipinski definition) is 2. The Balaban J connectivity index is 1.60. The topological polar surface area (TPSA) is 75.6 Å². The number of carbonyl (C=O) groups excluding carboxylic acids is 1. The lowest BCUT2D eigenvalue weighted by atomic mass is 10.1. The summed E-state index contributed by atoms with van der Waals surface area (Å²) in [6, 6.07) is 3.93. The van der Waals surface area contributed by atoms with Gasteiger partial charge >= 0.3 is 0 Å². The standard InChI is InChI=1S/C20H27N5O/c1-12(2)19-21-8-9-25(19)15(5)20(26)22-7-6-18-23-16-10-13(3)14(4)11-17(16)24-18/h8-12,15H,6-7H2,1-5H3,(H,22,26)(H,23,24)/t15-/m0/s1. The molecular weight excluding hydrogens is 326 g/mol. The van der Waals surface area contributed by atoms with Crippen LogP contribution in [0.3, 0.4) is 0 Å². The van der Waals surface area contributed by atoms with Crippen molar-refractivity contribution in [1.82, 2.24) is 24.8 Å². The summed E-state index contributed by atoms with van der Waals surface area (Å²) in [5.41, 5.74) is 4.50. The molecule has 0 bridgehead atoms. The van der Waals surface area contributed by atoms with E-state index >= 15 is 0 Å². The number of rotatable bonds is 6. The Morgan fingerprint density at radius 2 is 1.96 bits per heavy atom. The lowest BCUT2D eigenvalue weighted by molar-refractivity contribution is -0.123. The van der Waals surface area contributed by atoms with Crippen molar-refractivity contribution in [2.24, 2.45) is 0 Å². The Bertz CT molecular complexity index is 883. The molecule has 0 unspecified atom stereocenters. The van der Waals surface area contributed by atoms with Crippen molar-refractivity contribution in [3.05, 3.63) is 47.3 Å². The molecule has 2 N–H and O–H groups in total. The summed E-state index contributed by atoms with van der Waals surface area (Å²) >= 11 is 0. The van der Waals surface area contributed by atoms with Gasteiger partial charge < -0.3 is 14.9 Å². The van der Waals surface area contributed by atoms with Crippen molar-refractivity contribution in [3.63, 3.8) is 0 Å². The maximum atomic E-state index is 12.5. The van der Waals surface area contributed by atoms with E-state index in [0.717, 1.165) is 22.7 Å². The Hall–Kier alpha value is -2.63. The van der Waals surface area contributed by atoms with Crippen LogP contribution in [0.4, 0.5) is 0 Å². The minimum atomic E-state index is -0.282. The largest absolute Gasteiger partial charge is 0.354 e. The number of amides is 1. The molecule has 26 heavy (non-hydrogen) atoms. The van der Waals surface area contributed by atoms with E-state index in [4.69, 9.17) is 0 Å². The molecule has 0 fully saturated rings. The number of nitrogens with one attached hydrogen (secondary N) is 2. The number of fused-ring (bicyclic) bond motifs is 1. The first kappa shape index (κ1) is 18.2. The molecule has 0 saturated carbocycles. The molecule has 0 aliphatic rings. The molecule has 3 aromatic rings. The summed E-state index contributed by atoms with van der Waals surface area (Å²) in [4.78, 5) is 24.8. The third kappa shape index (κ3) is 3.64. The highest BCUT2D eigenvalue weighted by atomic mass is 16.2. The first-order valence-electron chi connectivity index (χ1n) is 9.13. The lowest BCUT2D eigenvalue weighted by Gasteiger charge is -2.17. The van der Waals surface area contributed by atoms with E-state index in [-0.39, 0.29) is 17.9 Å². The number of nitrogens with zero attached hydrogens (tertiary/aromatic N) is 3. The molecule has 3 rings (SSSR count). The molecule has 0 aliphatic heterocycles. The Labute approximate surface area is 154 Å². The molecule has 1 amide bonds. The number of hydrogen-bond acceptors (Lipinski definition) is 3. The Morgan fingerprint density at radius 1 is 1.23 bits per heavy atom. The average molecular weight is 353 g/mol. The SMILES string of the molecule is Cc1cc2nc(CCNC(=O)[C@H](C)n3ccnc3C(C)C)[nH]c2cc1C. The van der Waals surface area contributed by atoms with Crippen LogP contribution in [0.2, 0.25) is 0 Å². The monoisotopic (exact) mass is 353 g/mol. The summed E-state index contributed by atoms with van der Waals surface area (Å²) in [6.07, 6.45) is 4.28. The van der Waals surface area contributed by atoms with Crippen LogP contribution in [0.1, 0.15) is 55.5 Å². The number of imidazole rings is 2. The fourth-order valence-corrected chi connectivity index (χ4v) is 3.12. The zero-order valence-corrected chi connectivity index (χ0v) is 16.1. The highest BCUT2D eigenvalue weighted by molar-refractivity contribution is 5.80. The number of benzene rings is 1. The van der Waals surface area contributed by atoms with Crippen LogP contribution in [0.5, 0.6) is 0 Å². The first-order valence-corrected chi connectivity index (χ1v) is 9.13. The van der Waals surface area contributed by atoms with Crippen molar-refractivity contribution in [1.29, 1.82) is 0 Å². The second-order valence-electron chi connectivity index (χ2n) is 7.20. The highest BCUT2D eigenvalue weighted by Crippen LogP contribution is 2.18. The van der Waals surface area contributed by atoms with Gasteiger partial charge in [0.1, 0.15) is 17.7 Å². The number of H-pyrrole nitrogens is 1. The smallest absolute Gasteiger partial charge is 0.242 e. The number of aromatic nitrogens is 4. The summed E-state index contributed by atoms with van der Waals surface area (Å²) in [5.74, 6) is 2.09. The Kier molecular flexibility index (Phi) is 5.11. The zero-order chi connectivity index (χ0) is 18.8. The van der Waals surface area contributed by atoms with Gasteiger partial charge in [-0.1, -0.05) is 13.8 Å². The van der Waals surface area contributed by atoms with E-state index < -0.39 is 0 Å². The van der Waals surface area contributed by atoms with E-state index in [2.05, 4.69) is 60.1 Å². The predicted molar refractivity (Wildman–Crippen MR) is 103 cm³/mol. The van der Waals surface area contributed by atoms with Crippen molar-refractivity contribution in [3.8, 4) is 0 Å². The van der Waals surface area contributed by atoms with Gasteiger partial charge in [-0.15, -0.1) is 0 Å². The van der Waals surface area contributed by atoms with E-state index in [0.29, 0.717) is 13.0 Å². The molecule has 0 radical (unpaired) electrons. The van der Waals surface area contributed by atoms with Crippen LogP contribution in [-0.2, 0) is 11.2 Å². The minimum absolute atomic E-state index is 0.00676. The van der Waals surface area contributed by atoms with Gasteiger partial charge in [-0.05, 0) is 44.0 Å². The van der Waals surface area contributed by atoms with Crippen molar-refractivity contribution in [2.45, 2.75) is 53.0 Å². The van der Waals surface area contributed by atoms with Crippen LogP contribution < -0.4 is 5.32 Å². The summed E-state index contributed by atoms with van der Waals surface area (Å²) in [7, 11) is 0. The first-order chi connectivity index (χ1) is 12.4. The molecule has 0 saturated heterocycles. The zero-order valence-electron chi connectivity index (χ0n) is 16.1. The second-order valence-corrected chi connectivity index (χ2v) is 7.20. The quantitative estimate of drug-likeness (QED) is 0.713. The maximum absolute atomic E-state index is 12.5. The minimum Gasteiger partial charge on any atom is -0.354 e. The molecule has 6 nitrogen and oxygen atoms in total. The van der Waals surface area contributed by atoms with Crippen molar-refractivity contribution < 1.29 is 4.79 Å².